The monoisotopic (exact) mass is 99.1 g/mol. The second kappa shape index (κ2) is 1.83. The van der Waals surface area contributed by atoms with Gasteiger partial charge >= 0.3 is 0 Å². The summed E-state index contributed by atoms with van der Waals surface area (Å²) < 4.78 is 0. The Kier molecular flexibility index (Phi) is 1.33. The Labute approximate surface area is 45.1 Å². The summed E-state index contributed by atoms with van der Waals surface area (Å²) in [4.78, 5) is 0. The van der Waals surface area contributed by atoms with Crippen LogP contribution < -0.4 is 5.32 Å². The lowest BCUT2D eigenvalue weighted by atomic mass is 10.3. The van der Waals surface area contributed by atoms with Crippen LogP contribution in [0, 0.1) is 11.8 Å². The minimum Gasteiger partial charge on any atom is -0.319 e. The van der Waals surface area contributed by atoms with Gasteiger partial charge in [0.2, 0.25) is 0 Å². The third-order valence-electron chi connectivity index (χ3n) is 1.74. The molecule has 42 valence electrons. The van der Waals surface area contributed by atoms with E-state index in [0.717, 1.165) is 11.8 Å². The topological polar surface area (TPSA) is 12.0 Å². The standard InChI is InChI=1S/C6H13N/c1-5-3-6(5)4-7-2/h5-7H,3-4H2,1-2H3/t5-,6+/m0/s1. The molecule has 1 aliphatic rings. The van der Waals surface area contributed by atoms with Crippen molar-refractivity contribution in [3.63, 3.8) is 0 Å². The fourth-order valence-corrected chi connectivity index (χ4v) is 0.946. The average molecular weight is 99.2 g/mol. The molecular formula is C6H13N. The van der Waals surface area contributed by atoms with Crippen molar-refractivity contribution in [2.75, 3.05) is 13.6 Å². The predicted molar refractivity (Wildman–Crippen MR) is 31.2 cm³/mol. The van der Waals surface area contributed by atoms with Gasteiger partial charge in [0.15, 0.2) is 0 Å². The molecule has 0 aromatic heterocycles. The maximum absolute atomic E-state index is 3.16. The van der Waals surface area contributed by atoms with E-state index in [1.54, 1.807) is 0 Å². The van der Waals surface area contributed by atoms with Crippen molar-refractivity contribution in [3.8, 4) is 0 Å². The highest BCUT2D eigenvalue weighted by Crippen LogP contribution is 2.36. The van der Waals surface area contributed by atoms with Crippen LogP contribution in [0.4, 0.5) is 0 Å². The molecule has 0 saturated heterocycles. The molecular weight excluding hydrogens is 86.1 g/mol. The summed E-state index contributed by atoms with van der Waals surface area (Å²) in [5, 5.41) is 3.16. The van der Waals surface area contributed by atoms with Gasteiger partial charge in [0.1, 0.15) is 0 Å². The van der Waals surface area contributed by atoms with E-state index >= 15 is 0 Å². The number of nitrogens with one attached hydrogen (secondary N) is 1. The molecule has 0 spiro atoms. The van der Waals surface area contributed by atoms with Gasteiger partial charge < -0.3 is 5.32 Å². The lowest BCUT2D eigenvalue weighted by molar-refractivity contribution is 0.672. The third-order valence-corrected chi connectivity index (χ3v) is 1.74. The van der Waals surface area contributed by atoms with Crippen molar-refractivity contribution < 1.29 is 0 Å². The van der Waals surface area contributed by atoms with Crippen LogP contribution in [0.2, 0.25) is 0 Å². The molecule has 0 unspecified atom stereocenters. The molecule has 1 aliphatic carbocycles. The first kappa shape index (κ1) is 5.10. The highest BCUT2D eigenvalue weighted by molar-refractivity contribution is 4.83. The van der Waals surface area contributed by atoms with Crippen LogP contribution in [0.1, 0.15) is 13.3 Å². The van der Waals surface area contributed by atoms with E-state index in [1.165, 1.54) is 13.0 Å². The zero-order valence-electron chi connectivity index (χ0n) is 5.07. The van der Waals surface area contributed by atoms with Crippen molar-refractivity contribution in [3.05, 3.63) is 0 Å². The Bertz CT molecular complexity index is 61.2. The molecule has 1 nitrogen and oxygen atoms in total. The highest BCUT2D eigenvalue weighted by atomic mass is 14.8. The summed E-state index contributed by atoms with van der Waals surface area (Å²) in [6.07, 6.45) is 1.45. The molecule has 0 aromatic carbocycles. The van der Waals surface area contributed by atoms with E-state index in [0.29, 0.717) is 0 Å². The molecule has 0 bridgehead atoms. The maximum atomic E-state index is 3.16. The second-order valence-corrected chi connectivity index (χ2v) is 2.53. The molecule has 0 aliphatic heterocycles. The third kappa shape index (κ3) is 1.16. The average Bonchev–Trinajstić information content (AvgIpc) is 2.22. The lowest BCUT2D eigenvalue weighted by Crippen LogP contribution is -2.09. The number of hydrogen-bond acceptors (Lipinski definition) is 1. The van der Waals surface area contributed by atoms with Crippen LogP contribution in [0.25, 0.3) is 0 Å². The Morgan fingerprint density at radius 2 is 2.29 bits per heavy atom. The zero-order valence-corrected chi connectivity index (χ0v) is 5.07. The summed E-state index contributed by atoms with van der Waals surface area (Å²) in [5.74, 6) is 2.01. The fraction of sp³-hybridized carbons (Fsp3) is 1.00. The van der Waals surface area contributed by atoms with Crippen LogP contribution in [0.5, 0.6) is 0 Å². The summed E-state index contributed by atoms with van der Waals surface area (Å²) in [6, 6.07) is 0. The molecule has 1 saturated carbocycles. The van der Waals surface area contributed by atoms with Crippen LogP contribution in [-0.4, -0.2) is 13.6 Å². The Morgan fingerprint density at radius 1 is 1.71 bits per heavy atom. The first-order valence-corrected chi connectivity index (χ1v) is 2.99. The van der Waals surface area contributed by atoms with Crippen molar-refractivity contribution >= 4 is 0 Å². The van der Waals surface area contributed by atoms with Crippen LogP contribution in [0.15, 0.2) is 0 Å². The van der Waals surface area contributed by atoms with Crippen molar-refractivity contribution in [1.82, 2.24) is 5.32 Å². The molecule has 1 rings (SSSR count). The second-order valence-electron chi connectivity index (χ2n) is 2.53. The summed E-state index contributed by atoms with van der Waals surface area (Å²) in [5.41, 5.74) is 0. The smallest absolute Gasteiger partial charge is 0.00209 e. The summed E-state index contributed by atoms with van der Waals surface area (Å²) in [7, 11) is 2.02. The maximum Gasteiger partial charge on any atom is -0.00209 e. The summed E-state index contributed by atoms with van der Waals surface area (Å²) in [6.45, 7) is 3.53. The van der Waals surface area contributed by atoms with E-state index in [2.05, 4.69) is 12.2 Å². The SMILES string of the molecule is CNC[C@H]1C[C@@H]1C. The van der Waals surface area contributed by atoms with E-state index < -0.39 is 0 Å². The Morgan fingerprint density at radius 3 is 2.43 bits per heavy atom. The molecule has 2 atom stereocenters. The quantitative estimate of drug-likeness (QED) is 0.541. The number of rotatable bonds is 2. The first-order chi connectivity index (χ1) is 3.34. The van der Waals surface area contributed by atoms with Gasteiger partial charge in [-0.1, -0.05) is 6.92 Å². The van der Waals surface area contributed by atoms with Gasteiger partial charge in [-0.25, -0.2) is 0 Å². The minimum atomic E-state index is 1.00. The molecule has 0 amide bonds. The summed E-state index contributed by atoms with van der Waals surface area (Å²) >= 11 is 0. The van der Waals surface area contributed by atoms with Crippen molar-refractivity contribution in [1.29, 1.82) is 0 Å². The molecule has 7 heavy (non-hydrogen) atoms. The van der Waals surface area contributed by atoms with Gasteiger partial charge in [-0.2, -0.15) is 0 Å². The van der Waals surface area contributed by atoms with E-state index in [-0.39, 0.29) is 0 Å². The van der Waals surface area contributed by atoms with E-state index in [9.17, 15) is 0 Å². The molecule has 0 aromatic rings. The predicted octanol–water partition coefficient (Wildman–Crippen LogP) is 0.862. The van der Waals surface area contributed by atoms with Crippen molar-refractivity contribution in [2.24, 2.45) is 11.8 Å². The van der Waals surface area contributed by atoms with Gasteiger partial charge in [-0.15, -0.1) is 0 Å². The van der Waals surface area contributed by atoms with Crippen molar-refractivity contribution in [2.45, 2.75) is 13.3 Å². The van der Waals surface area contributed by atoms with E-state index in [1.807, 2.05) is 7.05 Å². The van der Waals surface area contributed by atoms with Gasteiger partial charge in [0.05, 0.1) is 0 Å². The van der Waals surface area contributed by atoms with Gasteiger partial charge in [0, 0.05) is 0 Å². The molecule has 0 heterocycles. The Balaban J connectivity index is 1.98. The fourth-order valence-electron chi connectivity index (χ4n) is 0.946. The van der Waals surface area contributed by atoms with Gasteiger partial charge in [-0.3, -0.25) is 0 Å². The minimum absolute atomic E-state index is 1.00. The van der Waals surface area contributed by atoms with Crippen LogP contribution >= 0.6 is 0 Å². The van der Waals surface area contributed by atoms with E-state index in [4.69, 9.17) is 0 Å². The zero-order chi connectivity index (χ0) is 5.28. The largest absolute Gasteiger partial charge is 0.319 e. The van der Waals surface area contributed by atoms with Crippen LogP contribution in [-0.2, 0) is 0 Å². The Hall–Kier alpha value is -0.0400. The molecule has 1 N–H and O–H groups in total. The molecule has 1 fully saturated rings. The van der Waals surface area contributed by atoms with Crippen LogP contribution in [0.3, 0.4) is 0 Å². The molecule has 1 heteroatoms. The van der Waals surface area contributed by atoms with Gasteiger partial charge in [-0.05, 0) is 31.8 Å². The first-order valence-electron chi connectivity index (χ1n) is 2.99. The normalized spacial score (nSPS) is 38.6. The highest BCUT2D eigenvalue weighted by Gasteiger charge is 2.30. The van der Waals surface area contributed by atoms with Gasteiger partial charge in [0.25, 0.3) is 0 Å². The lowest BCUT2D eigenvalue weighted by Gasteiger charge is -1.90. The number of hydrogen-bond donors (Lipinski definition) is 1. The molecule has 0 radical (unpaired) electrons.